The van der Waals surface area contributed by atoms with Gasteiger partial charge in [0.05, 0.1) is 0 Å². The molecule has 16 heavy (non-hydrogen) atoms. The topological polar surface area (TPSA) is 66.4 Å². The summed E-state index contributed by atoms with van der Waals surface area (Å²) in [7, 11) is 0. The molecule has 0 bridgehead atoms. The Labute approximate surface area is 90.8 Å². The molecule has 0 saturated carbocycles. The minimum Gasteiger partial charge on any atom is -0.480 e. The zero-order valence-electron chi connectivity index (χ0n) is 9.02. The molecule has 0 saturated heterocycles. The van der Waals surface area contributed by atoms with Crippen LogP contribution in [0.3, 0.4) is 0 Å². The zero-order chi connectivity index (χ0) is 13.0. The van der Waals surface area contributed by atoms with Gasteiger partial charge in [-0.1, -0.05) is 0 Å². The van der Waals surface area contributed by atoms with Crippen LogP contribution in [0, 0.1) is 5.41 Å². The molecular formula is C9H14F3NO3. The van der Waals surface area contributed by atoms with E-state index in [2.05, 4.69) is 5.32 Å². The van der Waals surface area contributed by atoms with Gasteiger partial charge in [-0.05, 0) is 20.3 Å². The van der Waals surface area contributed by atoms with Crippen LogP contribution in [0.5, 0.6) is 0 Å². The molecule has 0 fully saturated rings. The van der Waals surface area contributed by atoms with Gasteiger partial charge >= 0.3 is 12.1 Å². The van der Waals surface area contributed by atoms with Crippen molar-refractivity contribution in [1.82, 2.24) is 5.32 Å². The Morgan fingerprint density at radius 2 is 1.75 bits per heavy atom. The Hall–Kier alpha value is -1.27. The lowest BCUT2D eigenvalue weighted by Gasteiger charge is -2.18. The Morgan fingerprint density at radius 3 is 2.12 bits per heavy atom. The van der Waals surface area contributed by atoms with E-state index in [9.17, 15) is 22.8 Å². The molecule has 0 radical (unpaired) electrons. The van der Waals surface area contributed by atoms with Gasteiger partial charge < -0.3 is 10.4 Å². The van der Waals surface area contributed by atoms with Crippen molar-refractivity contribution in [1.29, 1.82) is 0 Å². The molecule has 7 heteroatoms. The molecule has 0 heterocycles. The second kappa shape index (κ2) is 5.18. The van der Waals surface area contributed by atoms with Gasteiger partial charge in [0.2, 0.25) is 5.91 Å². The van der Waals surface area contributed by atoms with Crippen LogP contribution >= 0.6 is 0 Å². The van der Waals surface area contributed by atoms with Crippen LogP contribution in [0.25, 0.3) is 0 Å². The van der Waals surface area contributed by atoms with E-state index in [0.29, 0.717) is 0 Å². The largest absolute Gasteiger partial charge is 0.480 e. The highest BCUT2D eigenvalue weighted by Crippen LogP contribution is 2.21. The predicted octanol–water partition coefficient (Wildman–Crippen LogP) is 1.56. The van der Waals surface area contributed by atoms with Crippen LogP contribution in [0.15, 0.2) is 0 Å². The predicted molar refractivity (Wildman–Crippen MR) is 49.7 cm³/mol. The van der Waals surface area contributed by atoms with E-state index in [4.69, 9.17) is 5.11 Å². The fourth-order valence-corrected chi connectivity index (χ4v) is 0.809. The number of hydrogen-bond acceptors (Lipinski definition) is 2. The monoisotopic (exact) mass is 241 g/mol. The number of halogens is 3. The van der Waals surface area contributed by atoms with Crippen molar-refractivity contribution in [3.8, 4) is 0 Å². The maximum absolute atomic E-state index is 11.7. The molecule has 0 rings (SSSR count). The number of carboxylic acids is 1. The van der Waals surface area contributed by atoms with E-state index < -0.39 is 29.9 Å². The van der Waals surface area contributed by atoms with Gasteiger partial charge in [0.25, 0.3) is 0 Å². The van der Waals surface area contributed by atoms with E-state index in [-0.39, 0.29) is 13.0 Å². The molecule has 0 aliphatic carbocycles. The number of rotatable bonds is 5. The maximum atomic E-state index is 11.7. The molecule has 0 aliphatic heterocycles. The van der Waals surface area contributed by atoms with Crippen LogP contribution in [-0.2, 0) is 9.59 Å². The molecule has 4 nitrogen and oxygen atoms in total. The lowest BCUT2D eigenvalue weighted by molar-refractivity contribution is -0.154. The molecule has 0 aromatic rings. The van der Waals surface area contributed by atoms with E-state index in [1.807, 2.05) is 0 Å². The zero-order valence-corrected chi connectivity index (χ0v) is 9.02. The number of nitrogens with one attached hydrogen (secondary N) is 1. The number of amides is 1. The van der Waals surface area contributed by atoms with Crippen molar-refractivity contribution in [3.05, 3.63) is 0 Å². The highest BCUT2D eigenvalue weighted by atomic mass is 19.4. The van der Waals surface area contributed by atoms with Gasteiger partial charge in [0.1, 0.15) is 5.41 Å². The summed E-state index contributed by atoms with van der Waals surface area (Å²) >= 11 is 0. The first-order valence-electron chi connectivity index (χ1n) is 4.66. The number of hydrogen-bond donors (Lipinski definition) is 2. The first kappa shape index (κ1) is 14.7. The third kappa shape index (κ3) is 4.99. The molecule has 0 unspecified atom stereocenters. The molecule has 0 aliphatic rings. The summed E-state index contributed by atoms with van der Waals surface area (Å²) in [5.41, 5.74) is -1.63. The van der Waals surface area contributed by atoms with Crippen molar-refractivity contribution in [2.24, 2.45) is 5.41 Å². The van der Waals surface area contributed by atoms with Gasteiger partial charge in [-0.2, -0.15) is 13.2 Å². The minimum absolute atomic E-state index is 0.185. The van der Waals surface area contributed by atoms with Crippen LogP contribution < -0.4 is 5.32 Å². The van der Waals surface area contributed by atoms with E-state index in [1.54, 1.807) is 0 Å². The average Bonchev–Trinajstić information content (AvgIpc) is 2.10. The number of carboxylic acid groups (broad SMARTS) is 1. The maximum Gasteiger partial charge on any atom is 0.389 e. The van der Waals surface area contributed by atoms with Gasteiger partial charge in [-0.25, -0.2) is 0 Å². The van der Waals surface area contributed by atoms with E-state index >= 15 is 0 Å². The quantitative estimate of drug-likeness (QED) is 0.567. The Kier molecular flexibility index (Phi) is 4.77. The van der Waals surface area contributed by atoms with Crippen LogP contribution in [0.4, 0.5) is 13.2 Å². The van der Waals surface area contributed by atoms with Crippen molar-refractivity contribution >= 4 is 11.9 Å². The van der Waals surface area contributed by atoms with E-state index in [1.165, 1.54) is 13.8 Å². The Bertz CT molecular complexity index is 274. The van der Waals surface area contributed by atoms with Crippen molar-refractivity contribution < 1.29 is 27.9 Å². The van der Waals surface area contributed by atoms with Crippen molar-refractivity contribution in [2.75, 3.05) is 6.54 Å². The molecule has 1 amide bonds. The second-order valence-corrected chi connectivity index (χ2v) is 3.90. The summed E-state index contributed by atoms with van der Waals surface area (Å²) in [4.78, 5) is 21.9. The third-order valence-electron chi connectivity index (χ3n) is 2.02. The SMILES string of the molecule is CC(C)(C(=O)O)C(=O)NCCCC(F)(F)F. The summed E-state index contributed by atoms with van der Waals surface area (Å²) in [5.74, 6) is -2.11. The summed E-state index contributed by atoms with van der Waals surface area (Å²) in [6, 6.07) is 0. The second-order valence-electron chi connectivity index (χ2n) is 3.90. The van der Waals surface area contributed by atoms with Gasteiger partial charge in [-0.15, -0.1) is 0 Å². The number of carbonyl (C=O) groups is 2. The van der Waals surface area contributed by atoms with Gasteiger partial charge in [-0.3, -0.25) is 9.59 Å². The molecule has 94 valence electrons. The van der Waals surface area contributed by atoms with Crippen molar-refractivity contribution in [3.63, 3.8) is 0 Å². The van der Waals surface area contributed by atoms with Gasteiger partial charge in [0, 0.05) is 13.0 Å². The fourth-order valence-electron chi connectivity index (χ4n) is 0.809. The summed E-state index contributed by atoms with van der Waals surface area (Å²) < 4.78 is 35.2. The Morgan fingerprint density at radius 1 is 1.25 bits per heavy atom. The highest BCUT2D eigenvalue weighted by Gasteiger charge is 2.35. The molecule has 2 N–H and O–H groups in total. The first-order chi connectivity index (χ1) is 7.07. The molecule has 0 atom stereocenters. The third-order valence-corrected chi connectivity index (χ3v) is 2.02. The fraction of sp³-hybridized carbons (Fsp3) is 0.778. The van der Waals surface area contributed by atoms with Crippen molar-refractivity contribution in [2.45, 2.75) is 32.9 Å². The summed E-state index contributed by atoms with van der Waals surface area (Å²) in [6.45, 7) is 2.19. The molecule has 0 aromatic heterocycles. The van der Waals surface area contributed by atoms with Gasteiger partial charge in [0.15, 0.2) is 0 Å². The number of aliphatic carboxylic acids is 1. The average molecular weight is 241 g/mol. The lowest BCUT2D eigenvalue weighted by atomic mass is 9.93. The minimum atomic E-state index is -4.26. The van der Waals surface area contributed by atoms with Crippen LogP contribution in [0.2, 0.25) is 0 Å². The smallest absolute Gasteiger partial charge is 0.389 e. The lowest BCUT2D eigenvalue weighted by Crippen LogP contribution is -2.42. The summed E-state index contributed by atoms with van der Waals surface area (Å²) in [5, 5.41) is 10.8. The number of carbonyl (C=O) groups excluding carboxylic acids is 1. The number of alkyl halides is 3. The standard InChI is InChI=1S/C9H14F3NO3/c1-8(2,7(15)16)6(14)13-5-3-4-9(10,11)12/h3-5H2,1-2H3,(H,13,14)(H,15,16). The highest BCUT2D eigenvalue weighted by molar-refractivity contribution is 6.00. The normalized spacial score (nSPS) is 12.3. The Balaban J connectivity index is 3.96. The molecule has 0 aromatic carbocycles. The molecule has 0 spiro atoms. The molecular weight excluding hydrogens is 227 g/mol. The first-order valence-corrected chi connectivity index (χ1v) is 4.66. The van der Waals surface area contributed by atoms with Crippen LogP contribution in [-0.4, -0.2) is 29.7 Å². The van der Waals surface area contributed by atoms with Crippen LogP contribution in [0.1, 0.15) is 26.7 Å². The summed E-state index contributed by atoms with van der Waals surface area (Å²) in [6.07, 6.45) is -5.52. The van der Waals surface area contributed by atoms with E-state index in [0.717, 1.165) is 0 Å².